The molecular weight excluding hydrogens is 288 g/mol. The standard InChI is InChI=1S/C15H18N2O5/c1-10-4-3-5-12(8-10)22-11(2)14(19)21-9-13(18)17-7-6-16-15(17)20/h3-5,8,11H,6-7,9H2,1-2H3,(H,16,20)/t11-/m0/s1. The van der Waals surface area contributed by atoms with E-state index >= 15 is 0 Å². The molecule has 2 rings (SSSR count). The third kappa shape index (κ3) is 3.97. The summed E-state index contributed by atoms with van der Waals surface area (Å²) >= 11 is 0. The number of aryl methyl sites for hydroxylation is 1. The lowest BCUT2D eigenvalue weighted by Crippen LogP contribution is -2.38. The Morgan fingerprint density at radius 2 is 2.18 bits per heavy atom. The number of urea groups is 1. The maximum atomic E-state index is 11.8. The summed E-state index contributed by atoms with van der Waals surface area (Å²) in [4.78, 5) is 35.9. The summed E-state index contributed by atoms with van der Waals surface area (Å²) in [6.07, 6.45) is -0.845. The highest BCUT2D eigenvalue weighted by Gasteiger charge is 2.27. The van der Waals surface area contributed by atoms with E-state index in [1.807, 2.05) is 19.1 Å². The van der Waals surface area contributed by atoms with Crippen LogP contribution in [0.4, 0.5) is 4.79 Å². The molecule has 1 aliphatic rings. The molecule has 1 aromatic rings. The van der Waals surface area contributed by atoms with E-state index in [4.69, 9.17) is 9.47 Å². The minimum absolute atomic E-state index is 0.282. The van der Waals surface area contributed by atoms with Crippen molar-refractivity contribution in [3.63, 3.8) is 0 Å². The first-order chi connectivity index (χ1) is 10.5. The minimum atomic E-state index is -0.845. The largest absolute Gasteiger partial charge is 0.479 e. The molecule has 118 valence electrons. The molecule has 0 bridgehead atoms. The Balaban J connectivity index is 1.81. The van der Waals surface area contributed by atoms with Crippen molar-refractivity contribution in [2.24, 2.45) is 0 Å². The van der Waals surface area contributed by atoms with Gasteiger partial charge in [0.1, 0.15) is 5.75 Å². The SMILES string of the molecule is Cc1cccc(O[C@@H](C)C(=O)OCC(=O)N2CCNC2=O)c1. The molecule has 1 saturated heterocycles. The number of nitrogens with one attached hydrogen (secondary N) is 1. The normalized spacial score (nSPS) is 15.2. The molecule has 1 fully saturated rings. The van der Waals surface area contributed by atoms with Crippen LogP contribution in [0.2, 0.25) is 0 Å². The maximum absolute atomic E-state index is 11.8. The van der Waals surface area contributed by atoms with E-state index in [-0.39, 0.29) is 6.54 Å². The number of esters is 1. The quantitative estimate of drug-likeness (QED) is 0.816. The van der Waals surface area contributed by atoms with Gasteiger partial charge in [0.15, 0.2) is 12.7 Å². The number of carbonyl (C=O) groups excluding carboxylic acids is 3. The topological polar surface area (TPSA) is 84.9 Å². The zero-order chi connectivity index (χ0) is 16.1. The van der Waals surface area contributed by atoms with Crippen molar-refractivity contribution in [1.29, 1.82) is 0 Å². The van der Waals surface area contributed by atoms with E-state index < -0.39 is 30.6 Å². The lowest BCUT2D eigenvalue weighted by Gasteiger charge is -2.16. The van der Waals surface area contributed by atoms with Gasteiger partial charge in [-0.25, -0.2) is 9.59 Å². The number of hydrogen-bond acceptors (Lipinski definition) is 5. The number of rotatable bonds is 5. The zero-order valence-corrected chi connectivity index (χ0v) is 12.5. The molecule has 0 saturated carbocycles. The highest BCUT2D eigenvalue weighted by atomic mass is 16.6. The lowest BCUT2D eigenvalue weighted by atomic mass is 10.2. The molecule has 0 aliphatic carbocycles. The van der Waals surface area contributed by atoms with Crippen LogP contribution in [0.5, 0.6) is 5.75 Å². The van der Waals surface area contributed by atoms with Crippen LogP contribution < -0.4 is 10.1 Å². The number of ether oxygens (including phenoxy) is 2. The van der Waals surface area contributed by atoms with Gasteiger partial charge in [-0.1, -0.05) is 12.1 Å². The van der Waals surface area contributed by atoms with Crippen LogP contribution in [-0.2, 0) is 14.3 Å². The molecule has 1 N–H and O–H groups in total. The molecule has 3 amide bonds. The van der Waals surface area contributed by atoms with Gasteiger partial charge in [0.05, 0.1) is 0 Å². The Morgan fingerprint density at radius 3 is 2.82 bits per heavy atom. The Kier molecular flexibility index (Phi) is 4.98. The molecule has 0 radical (unpaired) electrons. The second kappa shape index (κ2) is 6.93. The van der Waals surface area contributed by atoms with Crippen LogP contribution in [0.3, 0.4) is 0 Å². The minimum Gasteiger partial charge on any atom is -0.479 e. The van der Waals surface area contributed by atoms with Crippen LogP contribution in [0, 0.1) is 6.92 Å². The Morgan fingerprint density at radius 1 is 1.41 bits per heavy atom. The molecule has 1 atom stereocenters. The van der Waals surface area contributed by atoms with Crippen LogP contribution in [-0.4, -0.2) is 48.6 Å². The van der Waals surface area contributed by atoms with Crippen molar-refractivity contribution in [3.8, 4) is 5.75 Å². The number of hydrogen-bond donors (Lipinski definition) is 1. The van der Waals surface area contributed by atoms with Crippen molar-refractivity contribution in [3.05, 3.63) is 29.8 Å². The third-order valence-electron chi connectivity index (χ3n) is 3.13. The molecule has 1 heterocycles. The summed E-state index contributed by atoms with van der Waals surface area (Å²) in [5.41, 5.74) is 1.01. The van der Waals surface area contributed by atoms with Crippen molar-refractivity contribution in [1.82, 2.24) is 10.2 Å². The number of carbonyl (C=O) groups is 3. The number of benzene rings is 1. The van der Waals surface area contributed by atoms with Crippen LogP contribution in [0.15, 0.2) is 24.3 Å². The Bertz CT molecular complexity index is 587. The molecule has 0 aromatic heterocycles. The van der Waals surface area contributed by atoms with E-state index in [1.165, 1.54) is 6.92 Å². The predicted octanol–water partition coefficient (Wildman–Crippen LogP) is 0.857. The first-order valence-corrected chi connectivity index (χ1v) is 6.95. The van der Waals surface area contributed by atoms with E-state index in [1.54, 1.807) is 12.1 Å². The van der Waals surface area contributed by atoms with Gasteiger partial charge in [0.25, 0.3) is 5.91 Å². The highest BCUT2D eigenvalue weighted by molar-refractivity contribution is 5.97. The molecular formula is C15H18N2O5. The Labute approximate surface area is 128 Å². The van der Waals surface area contributed by atoms with E-state index in [0.29, 0.717) is 12.3 Å². The van der Waals surface area contributed by atoms with Gasteiger partial charge in [0, 0.05) is 13.1 Å². The molecule has 7 nitrogen and oxygen atoms in total. The summed E-state index contributed by atoms with van der Waals surface area (Å²) in [6, 6.07) is 6.79. The molecule has 0 spiro atoms. The first kappa shape index (κ1) is 15.8. The third-order valence-corrected chi connectivity index (χ3v) is 3.13. The summed E-state index contributed by atoms with van der Waals surface area (Å²) in [5, 5.41) is 2.50. The maximum Gasteiger partial charge on any atom is 0.347 e. The second-order valence-electron chi connectivity index (χ2n) is 4.96. The van der Waals surface area contributed by atoms with Crippen LogP contribution >= 0.6 is 0 Å². The summed E-state index contributed by atoms with van der Waals surface area (Å²) in [5.74, 6) is -0.657. The molecule has 1 aliphatic heterocycles. The van der Waals surface area contributed by atoms with Crippen LogP contribution in [0.1, 0.15) is 12.5 Å². The van der Waals surface area contributed by atoms with Gasteiger partial charge in [-0.3, -0.25) is 9.69 Å². The van der Waals surface area contributed by atoms with Crippen LogP contribution in [0.25, 0.3) is 0 Å². The van der Waals surface area contributed by atoms with Crippen molar-refractivity contribution in [2.75, 3.05) is 19.7 Å². The molecule has 7 heteroatoms. The average molecular weight is 306 g/mol. The van der Waals surface area contributed by atoms with E-state index in [9.17, 15) is 14.4 Å². The van der Waals surface area contributed by atoms with Gasteiger partial charge in [0.2, 0.25) is 0 Å². The van der Waals surface area contributed by atoms with Gasteiger partial charge in [-0.15, -0.1) is 0 Å². The molecule has 22 heavy (non-hydrogen) atoms. The Hall–Kier alpha value is -2.57. The molecule has 0 unspecified atom stereocenters. The predicted molar refractivity (Wildman–Crippen MR) is 77.3 cm³/mol. The number of nitrogens with zero attached hydrogens (tertiary/aromatic N) is 1. The summed E-state index contributed by atoms with van der Waals surface area (Å²) < 4.78 is 10.4. The monoisotopic (exact) mass is 306 g/mol. The van der Waals surface area contributed by atoms with Crippen molar-refractivity contribution >= 4 is 17.9 Å². The fourth-order valence-corrected chi connectivity index (χ4v) is 1.98. The van der Waals surface area contributed by atoms with Crippen molar-refractivity contribution < 1.29 is 23.9 Å². The van der Waals surface area contributed by atoms with Crippen molar-refractivity contribution in [2.45, 2.75) is 20.0 Å². The fraction of sp³-hybridized carbons (Fsp3) is 0.400. The molecule has 1 aromatic carbocycles. The summed E-state index contributed by atoms with van der Waals surface area (Å²) in [6.45, 7) is 3.66. The van der Waals surface area contributed by atoms with E-state index in [2.05, 4.69) is 5.32 Å². The zero-order valence-electron chi connectivity index (χ0n) is 12.5. The summed E-state index contributed by atoms with van der Waals surface area (Å²) in [7, 11) is 0. The van der Waals surface area contributed by atoms with Gasteiger partial charge in [-0.2, -0.15) is 0 Å². The van der Waals surface area contributed by atoms with Gasteiger partial charge in [-0.05, 0) is 31.5 Å². The second-order valence-corrected chi connectivity index (χ2v) is 4.96. The fourth-order valence-electron chi connectivity index (χ4n) is 1.98. The van der Waals surface area contributed by atoms with Gasteiger partial charge >= 0.3 is 12.0 Å². The van der Waals surface area contributed by atoms with E-state index in [0.717, 1.165) is 10.5 Å². The number of amides is 3. The van der Waals surface area contributed by atoms with Gasteiger partial charge < -0.3 is 14.8 Å². The highest BCUT2D eigenvalue weighted by Crippen LogP contribution is 2.14. The number of imide groups is 1. The average Bonchev–Trinajstić information content (AvgIpc) is 2.90. The lowest BCUT2D eigenvalue weighted by molar-refractivity contribution is -0.156. The smallest absolute Gasteiger partial charge is 0.347 e. The first-order valence-electron chi connectivity index (χ1n) is 6.95.